The molecule has 4 rings (SSSR count). The van der Waals surface area contributed by atoms with Crippen LogP contribution >= 0.6 is 0 Å². The van der Waals surface area contributed by atoms with Gasteiger partial charge in [-0.1, -0.05) is 60.7 Å². The maximum Gasteiger partial charge on any atom is 0.225 e. The van der Waals surface area contributed by atoms with Gasteiger partial charge in [-0.05, 0) is 35.7 Å². The van der Waals surface area contributed by atoms with E-state index in [0.717, 1.165) is 23.1 Å². The molecule has 0 radical (unpaired) electrons. The zero-order valence-corrected chi connectivity index (χ0v) is 19.8. The monoisotopic (exact) mass is 476 g/mol. The first-order valence-electron chi connectivity index (χ1n) is 10.9. The number of amidine groups is 1. The molecule has 0 aliphatic carbocycles. The lowest BCUT2D eigenvalue weighted by Gasteiger charge is -2.36. The number of carbonyl (C=O) groups excluding carboxylic acids is 2. The zero-order valence-electron chi connectivity index (χ0n) is 19.8. The van der Waals surface area contributed by atoms with Crippen LogP contribution in [0.15, 0.2) is 84.1 Å². The van der Waals surface area contributed by atoms with Crippen LogP contribution in [0.1, 0.15) is 29.2 Å². The molecule has 1 aliphatic heterocycles. The summed E-state index contributed by atoms with van der Waals surface area (Å²) in [5, 5.41) is 6.39. The molecule has 10 nitrogen and oxygen atoms in total. The maximum atomic E-state index is 10.7. The highest BCUT2D eigenvalue weighted by Gasteiger charge is 2.35. The van der Waals surface area contributed by atoms with E-state index in [-0.39, 0.29) is 18.0 Å². The van der Waals surface area contributed by atoms with Crippen LogP contribution in [0.3, 0.4) is 0 Å². The van der Waals surface area contributed by atoms with Gasteiger partial charge in [-0.2, -0.15) is 0 Å². The third kappa shape index (κ3) is 8.45. The number of benzene rings is 2. The predicted octanol–water partition coefficient (Wildman–Crippen LogP) is 1.45. The van der Waals surface area contributed by atoms with Crippen LogP contribution in [0.4, 0.5) is 5.82 Å². The number of β-lactam (4-membered cyclic amide) rings is 1. The van der Waals surface area contributed by atoms with Crippen LogP contribution in [-0.4, -0.2) is 41.1 Å². The molecule has 1 fully saturated rings. The summed E-state index contributed by atoms with van der Waals surface area (Å²) in [4.78, 5) is 26.7. The Labute approximate surface area is 205 Å². The van der Waals surface area contributed by atoms with Gasteiger partial charge in [-0.3, -0.25) is 9.59 Å². The van der Waals surface area contributed by atoms with Gasteiger partial charge in [0, 0.05) is 13.2 Å². The molecule has 1 atom stereocenters. The first-order valence-corrected chi connectivity index (χ1v) is 10.9. The van der Waals surface area contributed by atoms with Crippen molar-refractivity contribution in [2.75, 3.05) is 12.8 Å². The standard InChI is InChI=1S/C14H13NO.C6H8N2.C5H11N5O/c16-11-15-14(12-7-3-1-4-8-12)13-9-5-2-6-10-13;1-5-2-3-8-6(7)4-5;1-10-3(2-4(10)11)5(6)8-9-7/h1-11,14H,(H,15,16);2-4H,1H3,(H2,7,8);3,9H,2,7H2,1H3,(H2,6,8). The molecular weight excluding hydrogens is 444 g/mol. The second kappa shape index (κ2) is 14.0. The van der Waals surface area contributed by atoms with Gasteiger partial charge in [0.2, 0.25) is 12.3 Å². The molecule has 2 amide bonds. The van der Waals surface area contributed by atoms with E-state index in [4.69, 9.17) is 17.3 Å². The molecule has 2 heterocycles. The number of hydrazone groups is 1. The van der Waals surface area contributed by atoms with Crippen molar-refractivity contribution in [1.29, 1.82) is 0 Å². The van der Waals surface area contributed by atoms with E-state index in [1.165, 1.54) is 4.90 Å². The van der Waals surface area contributed by atoms with Crippen molar-refractivity contribution in [1.82, 2.24) is 20.7 Å². The third-order valence-electron chi connectivity index (χ3n) is 5.20. The van der Waals surface area contributed by atoms with Crippen molar-refractivity contribution in [2.45, 2.75) is 25.4 Å². The topological polar surface area (TPSA) is 165 Å². The van der Waals surface area contributed by atoms with Crippen LogP contribution in [-0.2, 0) is 9.59 Å². The molecule has 0 saturated carbocycles. The molecule has 1 saturated heterocycles. The lowest BCUT2D eigenvalue weighted by molar-refractivity contribution is -0.140. The quantitative estimate of drug-likeness (QED) is 0.0897. The summed E-state index contributed by atoms with van der Waals surface area (Å²) < 4.78 is 0. The van der Waals surface area contributed by atoms with Gasteiger partial charge in [-0.25, -0.2) is 16.4 Å². The smallest absolute Gasteiger partial charge is 0.225 e. The van der Waals surface area contributed by atoms with E-state index in [1.54, 1.807) is 13.2 Å². The Morgan fingerprint density at radius 3 is 2.06 bits per heavy atom. The van der Waals surface area contributed by atoms with E-state index in [1.807, 2.05) is 79.7 Å². The number of carbonyl (C=O) groups is 2. The second-order valence-corrected chi connectivity index (χ2v) is 7.69. The summed E-state index contributed by atoms with van der Waals surface area (Å²) >= 11 is 0. The minimum absolute atomic E-state index is 0.0695. The number of pyridine rings is 1. The van der Waals surface area contributed by atoms with Crippen molar-refractivity contribution in [2.24, 2.45) is 16.7 Å². The molecule has 1 aromatic heterocycles. The molecule has 2 aromatic carbocycles. The molecule has 0 bridgehead atoms. The first kappa shape index (κ1) is 26.8. The molecule has 8 N–H and O–H groups in total. The van der Waals surface area contributed by atoms with Gasteiger partial charge in [-0.15, -0.1) is 5.10 Å². The molecule has 1 unspecified atom stereocenters. The van der Waals surface area contributed by atoms with Crippen molar-refractivity contribution < 1.29 is 9.59 Å². The molecular formula is C25H32N8O2. The SMILES string of the molecule is CN1C(=O)CC1/C(N)=N/NN.Cc1ccnc(N)c1.O=CNC(c1ccccc1)c1ccccc1. The summed E-state index contributed by atoms with van der Waals surface area (Å²) in [6.45, 7) is 1.98. The maximum absolute atomic E-state index is 10.7. The Kier molecular flexibility index (Phi) is 10.7. The Morgan fingerprint density at radius 1 is 1.11 bits per heavy atom. The number of nitrogens with one attached hydrogen (secondary N) is 2. The number of nitrogens with two attached hydrogens (primary N) is 3. The van der Waals surface area contributed by atoms with Crippen LogP contribution in [0.2, 0.25) is 0 Å². The summed E-state index contributed by atoms with van der Waals surface area (Å²) in [5.74, 6) is 5.91. The highest BCUT2D eigenvalue weighted by atomic mass is 16.2. The number of rotatable bonds is 6. The molecule has 10 heteroatoms. The average molecular weight is 477 g/mol. The van der Waals surface area contributed by atoms with Gasteiger partial charge in [0.15, 0.2) is 0 Å². The lowest BCUT2D eigenvalue weighted by atomic mass is 9.99. The number of hydrazine groups is 1. The first-order chi connectivity index (χ1) is 16.9. The van der Waals surface area contributed by atoms with Crippen molar-refractivity contribution in [3.8, 4) is 0 Å². The number of hydrogen-bond acceptors (Lipinski definition) is 7. The Morgan fingerprint density at radius 2 is 1.69 bits per heavy atom. The van der Waals surface area contributed by atoms with Crippen molar-refractivity contribution in [3.63, 3.8) is 0 Å². The summed E-state index contributed by atoms with van der Waals surface area (Å²) in [5.41, 5.74) is 16.2. The second-order valence-electron chi connectivity index (χ2n) is 7.69. The van der Waals surface area contributed by atoms with Gasteiger partial charge < -0.3 is 21.7 Å². The minimum atomic E-state index is -0.0847. The highest BCUT2D eigenvalue weighted by Crippen LogP contribution is 2.20. The number of anilines is 1. The number of hydrogen-bond donors (Lipinski definition) is 5. The minimum Gasteiger partial charge on any atom is -0.384 e. The van der Waals surface area contributed by atoms with Crippen molar-refractivity contribution in [3.05, 3.63) is 95.7 Å². The number of aromatic nitrogens is 1. The highest BCUT2D eigenvalue weighted by molar-refractivity contribution is 5.98. The summed E-state index contributed by atoms with van der Waals surface area (Å²) in [6.07, 6.45) is 2.86. The fourth-order valence-electron chi connectivity index (χ4n) is 3.26. The lowest BCUT2D eigenvalue weighted by Crippen LogP contribution is -2.57. The van der Waals surface area contributed by atoms with Crippen LogP contribution in [0.5, 0.6) is 0 Å². The van der Waals surface area contributed by atoms with E-state index in [2.05, 4.69) is 20.9 Å². The Bertz CT molecular complexity index is 1040. The molecule has 1 aliphatic rings. The average Bonchev–Trinajstić information content (AvgIpc) is 2.87. The van der Waals surface area contributed by atoms with E-state index in [9.17, 15) is 9.59 Å². The number of likely N-dealkylation sites (tertiary alicyclic amines) is 1. The van der Waals surface area contributed by atoms with Gasteiger partial charge in [0.1, 0.15) is 11.7 Å². The number of amides is 2. The van der Waals surface area contributed by atoms with E-state index >= 15 is 0 Å². The van der Waals surface area contributed by atoms with Crippen LogP contribution < -0.4 is 28.2 Å². The van der Waals surface area contributed by atoms with Crippen molar-refractivity contribution >= 4 is 24.0 Å². The Hall–Kier alpha value is -4.44. The summed E-state index contributed by atoms with van der Waals surface area (Å²) in [6, 6.07) is 23.4. The largest absolute Gasteiger partial charge is 0.384 e. The number of likely N-dealkylation sites (N-methyl/N-ethyl adjacent to an activating group) is 1. The third-order valence-corrected chi connectivity index (χ3v) is 5.20. The summed E-state index contributed by atoms with van der Waals surface area (Å²) in [7, 11) is 1.68. The number of nitrogens with zero attached hydrogens (tertiary/aromatic N) is 3. The fourth-order valence-corrected chi connectivity index (χ4v) is 3.26. The van der Waals surface area contributed by atoms with Gasteiger partial charge in [0.25, 0.3) is 0 Å². The van der Waals surface area contributed by atoms with E-state index in [0.29, 0.717) is 18.1 Å². The van der Waals surface area contributed by atoms with Crippen LogP contribution in [0.25, 0.3) is 0 Å². The molecule has 35 heavy (non-hydrogen) atoms. The van der Waals surface area contributed by atoms with Gasteiger partial charge >= 0.3 is 0 Å². The molecule has 184 valence electrons. The van der Waals surface area contributed by atoms with E-state index < -0.39 is 0 Å². The zero-order chi connectivity index (χ0) is 25.6. The predicted molar refractivity (Wildman–Crippen MR) is 137 cm³/mol. The van der Waals surface area contributed by atoms with Crippen LogP contribution in [0, 0.1) is 6.92 Å². The fraction of sp³-hybridized carbons (Fsp3) is 0.200. The number of nitrogen functional groups attached to an aromatic ring is 1. The number of aryl methyl sites for hydroxylation is 1. The van der Waals surface area contributed by atoms with Gasteiger partial charge in [0.05, 0.1) is 18.5 Å². The normalized spacial score (nSPS) is 14.5. The molecule has 0 spiro atoms. The Balaban J connectivity index is 0.000000198. The molecule has 3 aromatic rings.